The number of benzene rings is 2. The van der Waals surface area contributed by atoms with E-state index in [0.717, 1.165) is 16.7 Å². The fourth-order valence-corrected chi connectivity index (χ4v) is 4.28. The number of nitrogens with one attached hydrogen (secondary N) is 2. The number of methoxy groups -OCH3 is 1. The molecule has 0 fully saturated rings. The predicted octanol–water partition coefficient (Wildman–Crippen LogP) is 6.17. The highest BCUT2D eigenvalue weighted by atomic mass is 16.6. The average Bonchev–Trinajstić information content (AvgIpc) is 2.86. The standard InChI is InChI=1S/C31H45N3O5/c1-11-21(5)34(29(36)26(19(2)3)33-30(37)39-31(7,8)9)27(25-14-12-13-20(4)22(25)6)28(35)32-23-15-17-24(38-10)18-16-23/h12-19,21,26-27H,11H2,1-10H3,(H,32,35)(H,33,37). The van der Waals surface area contributed by atoms with Crippen LogP contribution in [0.5, 0.6) is 5.75 Å². The summed E-state index contributed by atoms with van der Waals surface area (Å²) in [5, 5.41) is 5.76. The van der Waals surface area contributed by atoms with Crippen molar-refractivity contribution in [3.63, 3.8) is 0 Å². The molecule has 0 saturated heterocycles. The van der Waals surface area contributed by atoms with Crippen LogP contribution in [0.2, 0.25) is 0 Å². The number of ether oxygens (including phenoxy) is 2. The molecule has 8 heteroatoms. The van der Waals surface area contributed by atoms with Crippen LogP contribution in [0.25, 0.3) is 0 Å². The molecule has 214 valence electrons. The Morgan fingerprint density at radius 1 is 0.974 bits per heavy atom. The summed E-state index contributed by atoms with van der Waals surface area (Å²) in [7, 11) is 1.58. The van der Waals surface area contributed by atoms with Crippen LogP contribution in [0.1, 0.15) is 77.6 Å². The highest BCUT2D eigenvalue weighted by molar-refractivity contribution is 5.99. The Balaban J connectivity index is 2.60. The fraction of sp³-hybridized carbons (Fsp3) is 0.516. The van der Waals surface area contributed by atoms with Crippen LogP contribution in [0.3, 0.4) is 0 Å². The first-order valence-electron chi connectivity index (χ1n) is 13.5. The number of anilines is 1. The highest BCUT2D eigenvalue weighted by Crippen LogP contribution is 2.31. The molecule has 0 aliphatic rings. The van der Waals surface area contributed by atoms with Crippen LogP contribution in [-0.2, 0) is 14.3 Å². The van der Waals surface area contributed by atoms with Gasteiger partial charge in [0.05, 0.1) is 7.11 Å². The topological polar surface area (TPSA) is 97.0 Å². The molecule has 0 saturated carbocycles. The minimum Gasteiger partial charge on any atom is -0.497 e. The van der Waals surface area contributed by atoms with E-state index in [9.17, 15) is 14.4 Å². The number of hydrogen-bond donors (Lipinski definition) is 2. The third kappa shape index (κ3) is 8.47. The molecule has 0 aliphatic heterocycles. The van der Waals surface area contributed by atoms with Crippen molar-refractivity contribution in [3.8, 4) is 5.75 Å². The van der Waals surface area contributed by atoms with Gasteiger partial charge in [-0.1, -0.05) is 39.0 Å². The van der Waals surface area contributed by atoms with Gasteiger partial charge >= 0.3 is 6.09 Å². The Labute approximate surface area is 233 Å². The molecule has 0 aromatic heterocycles. The molecule has 3 atom stereocenters. The SMILES string of the molecule is CCC(C)N(C(=O)C(NC(=O)OC(C)(C)C)C(C)C)C(C(=O)Nc1ccc(OC)cc1)c1cccc(C)c1C. The molecule has 2 rings (SSSR count). The van der Waals surface area contributed by atoms with Crippen molar-refractivity contribution in [3.05, 3.63) is 59.2 Å². The van der Waals surface area contributed by atoms with Crippen LogP contribution in [0.15, 0.2) is 42.5 Å². The first kappa shape index (κ1) is 31.7. The second kappa shape index (κ2) is 13.5. The summed E-state index contributed by atoms with van der Waals surface area (Å²) in [6.07, 6.45) is -0.0650. The number of aryl methyl sites for hydroxylation is 1. The molecule has 0 aliphatic carbocycles. The summed E-state index contributed by atoms with van der Waals surface area (Å²) < 4.78 is 10.7. The van der Waals surface area contributed by atoms with E-state index in [1.807, 2.05) is 59.7 Å². The minimum absolute atomic E-state index is 0.250. The highest BCUT2D eigenvalue weighted by Gasteiger charge is 2.40. The van der Waals surface area contributed by atoms with Crippen LogP contribution in [-0.4, -0.2) is 47.6 Å². The first-order chi connectivity index (χ1) is 18.2. The van der Waals surface area contributed by atoms with Gasteiger partial charge in [-0.05, 0) is 94.8 Å². The smallest absolute Gasteiger partial charge is 0.408 e. The van der Waals surface area contributed by atoms with Gasteiger partial charge in [-0.15, -0.1) is 0 Å². The maximum absolute atomic E-state index is 14.3. The molecule has 0 spiro atoms. The molecule has 3 amide bonds. The van der Waals surface area contributed by atoms with Gasteiger partial charge in [0.15, 0.2) is 0 Å². The van der Waals surface area contributed by atoms with Gasteiger partial charge in [-0.3, -0.25) is 9.59 Å². The Hall–Kier alpha value is -3.55. The van der Waals surface area contributed by atoms with Crippen molar-refractivity contribution < 1.29 is 23.9 Å². The van der Waals surface area contributed by atoms with E-state index in [1.165, 1.54) is 0 Å². The van der Waals surface area contributed by atoms with E-state index in [0.29, 0.717) is 17.9 Å². The molecular formula is C31H45N3O5. The number of carbonyl (C=O) groups excluding carboxylic acids is 3. The summed E-state index contributed by atoms with van der Waals surface area (Å²) in [5.41, 5.74) is 2.53. The van der Waals surface area contributed by atoms with E-state index in [1.54, 1.807) is 57.0 Å². The molecule has 2 aromatic carbocycles. The molecule has 8 nitrogen and oxygen atoms in total. The van der Waals surface area contributed by atoms with Gasteiger partial charge in [0.1, 0.15) is 23.4 Å². The monoisotopic (exact) mass is 539 g/mol. The van der Waals surface area contributed by atoms with E-state index >= 15 is 0 Å². The van der Waals surface area contributed by atoms with Crippen molar-refractivity contribution in [2.24, 2.45) is 5.92 Å². The molecule has 2 aromatic rings. The third-order valence-electron chi connectivity index (χ3n) is 6.75. The lowest BCUT2D eigenvalue weighted by Crippen LogP contribution is -2.56. The van der Waals surface area contributed by atoms with Crippen molar-refractivity contribution >= 4 is 23.6 Å². The van der Waals surface area contributed by atoms with Gasteiger partial charge in [0.25, 0.3) is 5.91 Å². The number of amides is 3. The van der Waals surface area contributed by atoms with Crippen LogP contribution >= 0.6 is 0 Å². The number of rotatable bonds is 10. The molecule has 3 unspecified atom stereocenters. The summed E-state index contributed by atoms with van der Waals surface area (Å²) in [5.74, 6) is -0.271. The Morgan fingerprint density at radius 3 is 2.10 bits per heavy atom. The lowest BCUT2D eigenvalue weighted by atomic mass is 9.92. The zero-order valence-corrected chi connectivity index (χ0v) is 25.0. The van der Waals surface area contributed by atoms with Crippen LogP contribution in [0, 0.1) is 19.8 Å². The van der Waals surface area contributed by atoms with Gasteiger partial charge in [-0.2, -0.15) is 0 Å². The second-order valence-electron chi connectivity index (χ2n) is 11.3. The van der Waals surface area contributed by atoms with Crippen molar-refractivity contribution in [1.29, 1.82) is 0 Å². The van der Waals surface area contributed by atoms with E-state index in [4.69, 9.17) is 9.47 Å². The quantitative estimate of drug-likeness (QED) is 0.376. The number of carbonyl (C=O) groups is 3. The molecule has 39 heavy (non-hydrogen) atoms. The lowest BCUT2D eigenvalue weighted by Gasteiger charge is -2.39. The third-order valence-corrected chi connectivity index (χ3v) is 6.75. The number of alkyl carbamates (subject to hydrolysis) is 1. The first-order valence-corrected chi connectivity index (χ1v) is 13.5. The predicted molar refractivity (Wildman–Crippen MR) is 155 cm³/mol. The summed E-state index contributed by atoms with van der Waals surface area (Å²) in [6.45, 7) is 16.8. The fourth-order valence-electron chi connectivity index (χ4n) is 4.28. The van der Waals surface area contributed by atoms with Crippen molar-refractivity contribution in [2.75, 3.05) is 12.4 Å². The summed E-state index contributed by atoms with van der Waals surface area (Å²) in [6, 6.07) is 10.7. The molecular weight excluding hydrogens is 494 g/mol. The largest absolute Gasteiger partial charge is 0.497 e. The van der Waals surface area contributed by atoms with Crippen LogP contribution in [0.4, 0.5) is 10.5 Å². The van der Waals surface area contributed by atoms with E-state index in [2.05, 4.69) is 10.6 Å². The van der Waals surface area contributed by atoms with Crippen molar-refractivity contribution in [1.82, 2.24) is 10.2 Å². The minimum atomic E-state index is -0.934. The summed E-state index contributed by atoms with van der Waals surface area (Å²) >= 11 is 0. The Kier molecular flexibility index (Phi) is 11.0. The lowest BCUT2D eigenvalue weighted by molar-refractivity contribution is -0.144. The Morgan fingerprint density at radius 2 is 1.59 bits per heavy atom. The van der Waals surface area contributed by atoms with Crippen LogP contribution < -0.4 is 15.4 Å². The van der Waals surface area contributed by atoms with Gasteiger partial charge in [-0.25, -0.2) is 4.79 Å². The summed E-state index contributed by atoms with van der Waals surface area (Å²) in [4.78, 5) is 42.7. The molecule has 2 N–H and O–H groups in total. The molecule has 0 radical (unpaired) electrons. The van der Waals surface area contributed by atoms with Gasteiger partial charge in [0, 0.05) is 11.7 Å². The van der Waals surface area contributed by atoms with E-state index < -0.39 is 23.8 Å². The second-order valence-corrected chi connectivity index (χ2v) is 11.3. The van der Waals surface area contributed by atoms with Gasteiger partial charge in [0.2, 0.25) is 5.91 Å². The normalized spacial score (nSPS) is 13.7. The van der Waals surface area contributed by atoms with Gasteiger partial charge < -0.3 is 25.0 Å². The maximum Gasteiger partial charge on any atom is 0.408 e. The molecule has 0 heterocycles. The number of hydrogen-bond acceptors (Lipinski definition) is 5. The maximum atomic E-state index is 14.3. The average molecular weight is 540 g/mol. The van der Waals surface area contributed by atoms with Crippen molar-refractivity contribution in [2.45, 2.75) is 92.5 Å². The number of nitrogens with zero attached hydrogens (tertiary/aromatic N) is 1. The Bertz CT molecular complexity index is 1140. The zero-order valence-electron chi connectivity index (χ0n) is 25.0. The zero-order chi connectivity index (χ0) is 29.5. The van der Waals surface area contributed by atoms with E-state index in [-0.39, 0.29) is 23.8 Å². The molecule has 0 bridgehead atoms.